The Morgan fingerprint density at radius 3 is 2.56 bits per heavy atom. The molecule has 0 amide bonds. The molecular formula is C19H17N3O2S. The summed E-state index contributed by atoms with van der Waals surface area (Å²) in [5.74, 6) is 0.0584. The highest BCUT2D eigenvalue weighted by atomic mass is 32.2. The van der Waals surface area contributed by atoms with Crippen molar-refractivity contribution in [3.05, 3.63) is 60.4 Å². The van der Waals surface area contributed by atoms with E-state index in [0.29, 0.717) is 23.2 Å². The topological polar surface area (TPSA) is 82.8 Å². The summed E-state index contributed by atoms with van der Waals surface area (Å²) in [6, 6.07) is 15.0. The molecule has 0 unspecified atom stereocenters. The summed E-state index contributed by atoms with van der Waals surface area (Å²) in [5.41, 5.74) is 2.58. The zero-order chi connectivity index (χ0) is 17.9. The Bertz CT molecular complexity index is 1070. The lowest BCUT2D eigenvalue weighted by molar-refractivity contribution is 0.600. The van der Waals surface area contributed by atoms with Crippen LogP contribution >= 0.6 is 0 Å². The van der Waals surface area contributed by atoms with Crippen LogP contribution in [-0.2, 0) is 10.0 Å². The van der Waals surface area contributed by atoms with Gasteiger partial charge in [-0.1, -0.05) is 37.3 Å². The van der Waals surface area contributed by atoms with Gasteiger partial charge in [0.05, 0.1) is 23.1 Å². The summed E-state index contributed by atoms with van der Waals surface area (Å²) < 4.78 is 27.0. The smallest absolute Gasteiger partial charge is 0.232 e. The monoisotopic (exact) mass is 351 g/mol. The molecule has 0 atom stereocenters. The number of hydrogen-bond donors (Lipinski definition) is 1. The Morgan fingerprint density at radius 1 is 1.08 bits per heavy atom. The van der Waals surface area contributed by atoms with Gasteiger partial charge in [0.2, 0.25) is 10.0 Å². The molecule has 2 aromatic carbocycles. The van der Waals surface area contributed by atoms with Gasteiger partial charge >= 0.3 is 0 Å². The molecule has 0 fully saturated rings. The zero-order valence-electron chi connectivity index (χ0n) is 13.7. The average Bonchev–Trinajstić information content (AvgIpc) is 2.61. The number of aromatic nitrogens is 1. The van der Waals surface area contributed by atoms with Gasteiger partial charge in [0.1, 0.15) is 0 Å². The molecule has 0 saturated carbocycles. The van der Waals surface area contributed by atoms with E-state index < -0.39 is 10.0 Å². The quantitative estimate of drug-likeness (QED) is 0.755. The van der Waals surface area contributed by atoms with Crippen molar-refractivity contribution >= 4 is 26.5 Å². The number of rotatable bonds is 5. The number of nitriles is 1. The van der Waals surface area contributed by atoms with E-state index in [1.807, 2.05) is 37.3 Å². The van der Waals surface area contributed by atoms with Crippen LogP contribution in [0.3, 0.4) is 0 Å². The molecule has 0 aliphatic carbocycles. The normalized spacial score (nSPS) is 11.2. The average molecular weight is 351 g/mol. The largest absolute Gasteiger partial charge is 0.283 e. The summed E-state index contributed by atoms with van der Waals surface area (Å²) in [4.78, 5) is 4.15. The summed E-state index contributed by atoms with van der Waals surface area (Å²) in [7, 11) is -3.41. The molecule has 25 heavy (non-hydrogen) atoms. The van der Waals surface area contributed by atoms with Crippen LogP contribution in [0.4, 0.5) is 5.69 Å². The van der Waals surface area contributed by atoms with Crippen molar-refractivity contribution in [1.29, 1.82) is 5.26 Å². The third-order valence-corrected chi connectivity index (χ3v) is 5.37. The number of sulfonamides is 1. The number of nitrogens with one attached hydrogen (secondary N) is 1. The fourth-order valence-corrected chi connectivity index (χ4v) is 3.97. The molecule has 3 aromatic rings. The van der Waals surface area contributed by atoms with Gasteiger partial charge in [-0.2, -0.15) is 5.26 Å². The highest BCUT2D eigenvalue weighted by Gasteiger charge is 2.15. The molecule has 1 N–H and O–H groups in total. The lowest BCUT2D eigenvalue weighted by Crippen LogP contribution is -2.16. The van der Waals surface area contributed by atoms with Crippen molar-refractivity contribution in [3.63, 3.8) is 0 Å². The van der Waals surface area contributed by atoms with Crippen LogP contribution in [-0.4, -0.2) is 19.2 Å². The molecule has 0 bridgehead atoms. The molecule has 0 saturated heterocycles. The second-order valence-electron chi connectivity index (χ2n) is 5.66. The van der Waals surface area contributed by atoms with Crippen LogP contribution in [0.1, 0.15) is 18.9 Å². The summed E-state index contributed by atoms with van der Waals surface area (Å²) in [6.07, 6.45) is 3.73. The van der Waals surface area contributed by atoms with Crippen LogP contribution in [0.25, 0.3) is 21.9 Å². The highest BCUT2D eigenvalue weighted by molar-refractivity contribution is 7.92. The van der Waals surface area contributed by atoms with Gasteiger partial charge < -0.3 is 0 Å². The molecular weight excluding hydrogens is 334 g/mol. The van der Waals surface area contributed by atoms with E-state index in [-0.39, 0.29) is 5.75 Å². The maximum atomic E-state index is 12.2. The molecule has 5 nitrogen and oxygen atoms in total. The minimum absolute atomic E-state index is 0.0584. The predicted octanol–water partition coefficient (Wildman–Crippen LogP) is 3.93. The van der Waals surface area contributed by atoms with Gasteiger partial charge in [-0.3, -0.25) is 9.71 Å². The number of anilines is 1. The zero-order valence-corrected chi connectivity index (χ0v) is 14.5. The Balaban J connectivity index is 2.19. The first-order chi connectivity index (χ1) is 12.1. The van der Waals surface area contributed by atoms with Crippen molar-refractivity contribution in [1.82, 2.24) is 4.98 Å². The number of pyridine rings is 1. The maximum Gasteiger partial charge on any atom is 0.232 e. The molecule has 3 rings (SSSR count). The SMILES string of the molecule is CCCS(=O)(=O)Nc1ccncc1-c1ccc(C#N)c2ccccc12. The van der Waals surface area contributed by atoms with Crippen molar-refractivity contribution in [2.75, 3.05) is 10.5 Å². The van der Waals surface area contributed by atoms with Gasteiger partial charge in [-0.15, -0.1) is 0 Å². The lowest BCUT2D eigenvalue weighted by atomic mass is 9.95. The van der Waals surface area contributed by atoms with E-state index in [0.717, 1.165) is 16.3 Å². The molecule has 1 heterocycles. The first-order valence-electron chi connectivity index (χ1n) is 7.92. The molecule has 0 radical (unpaired) electrons. The highest BCUT2D eigenvalue weighted by Crippen LogP contribution is 2.34. The summed E-state index contributed by atoms with van der Waals surface area (Å²) >= 11 is 0. The second kappa shape index (κ2) is 6.91. The van der Waals surface area contributed by atoms with Gasteiger partial charge in [0, 0.05) is 23.3 Å². The molecule has 0 aliphatic rings. The lowest BCUT2D eigenvalue weighted by Gasteiger charge is -2.14. The van der Waals surface area contributed by atoms with Crippen LogP contribution in [0, 0.1) is 11.3 Å². The Hall–Kier alpha value is -2.91. The first-order valence-corrected chi connectivity index (χ1v) is 9.57. The van der Waals surface area contributed by atoms with Gasteiger partial charge in [0.15, 0.2) is 0 Å². The van der Waals surface area contributed by atoms with Crippen molar-refractivity contribution in [2.45, 2.75) is 13.3 Å². The summed E-state index contributed by atoms with van der Waals surface area (Å²) in [5, 5.41) is 11.0. The van der Waals surface area contributed by atoms with E-state index in [4.69, 9.17) is 0 Å². The van der Waals surface area contributed by atoms with E-state index in [1.165, 1.54) is 0 Å². The van der Waals surface area contributed by atoms with Crippen molar-refractivity contribution in [2.24, 2.45) is 0 Å². The fourth-order valence-electron chi connectivity index (χ4n) is 2.82. The van der Waals surface area contributed by atoms with Gasteiger partial charge in [-0.25, -0.2) is 8.42 Å². The van der Waals surface area contributed by atoms with Crippen LogP contribution < -0.4 is 4.72 Å². The minimum atomic E-state index is -3.41. The maximum absolute atomic E-state index is 12.2. The summed E-state index contributed by atoms with van der Waals surface area (Å²) in [6.45, 7) is 1.82. The van der Waals surface area contributed by atoms with E-state index in [2.05, 4.69) is 15.8 Å². The van der Waals surface area contributed by atoms with E-state index >= 15 is 0 Å². The number of nitrogens with zero attached hydrogens (tertiary/aromatic N) is 2. The third kappa shape index (κ3) is 3.47. The molecule has 0 spiro atoms. The standard InChI is InChI=1S/C19H17N3O2S/c1-2-11-25(23,24)22-19-9-10-21-13-18(19)17-8-7-14(12-20)15-5-3-4-6-16(15)17/h3-10,13H,2,11H2,1H3,(H,21,22). The van der Waals surface area contributed by atoms with Gasteiger partial charge in [-0.05, 0) is 29.5 Å². The Morgan fingerprint density at radius 2 is 1.84 bits per heavy atom. The van der Waals surface area contributed by atoms with Crippen molar-refractivity contribution in [3.8, 4) is 17.2 Å². The Labute approximate surface area is 147 Å². The number of hydrogen-bond acceptors (Lipinski definition) is 4. The van der Waals surface area contributed by atoms with Crippen molar-refractivity contribution < 1.29 is 8.42 Å². The van der Waals surface area contributed by atoms with E-state index in [9.17, 15) is 13.7 Å². The third-order valence-electron chi connectivity index (χ3n) is 3.89. The first kappa shape index (κ1) is 16.9. The predicted molar refractivity (Wildman–Crippen MR) is 99.6 cm³/mol. The molecule has 1 aromatic heterocycles. The van der Waals surface area contributed by atoms with Gasteiger partial charge in [0.25, 0.3) is 0 Å². The van der Waals surface area contributed by atoms with Crippen LogP contribution in [0.2, 0.25) is 0 Å². The number of benzene rings is 2. The van der Waals surface area contributed by atoms with Crippen LogP contribution in [0.5, 0.6) is 0 Å². The second-order valence-corrected chi connectivity index (χ2v) is 7.50. The fraction of sp³-hybridized carbons (Fsp3) is 0.158. The molecule has 0 aliphatic heterocycles. The molecule has 126 valence electrons. The van der Waals surface area contributed by atoms with E-state index in [1.54, 1.807) is 24.5 Å². The van der Waals surface area contributed by atoms with Crippen LogP contribution in [0.15, 0.2) is 54.9 Å². The molecule has 6 heteroatoms. The Kier molecular flexibility index (Phi) is 4.68. The number of fused-ring (bicyclic) bond motifs is 1. The minimum Gasteiger partial charge on any atom is -0.283 e.